The van der Waals surface area contributed by atoms with Gasteiger partial charge in [-0.1, -0.05) is 25.8 Å². The first-order valence-corrected chi connectivity index (χ1v) is 8.00. The van der Waals surface area contributed by atoms with Crippen LogP contribution < -0.4 is 5.32 Å². The zero-order valence-electron chi connectivity index (χ0n) is 11.4. The Morgan fingerprint density at radius 1 is 1.39 bits per heavy atom. The number of aliphatic hydroxyl groups is 1. The van der Waals surface area contributed by atoms with Gasteiger partial charge in [-0.25, -0.2) is 0 Å². The van der Waals surface area contributed by atoms with Crippen molar-refractivity contribution in [2.24, 2.45) is 11.8 Å². The molecule has 3 atom stereocenters. The van der Waals surface area contributed by atoms with Crippen molar-refractivity contribution in [2.75, 3.05) is 6.61 Å². The van der Waals surface area contributed by atoms with Crippen LogP contribution in [0.3, 0.4) is 0 Å². The zero-order valence-corrected chi connectivity index (χ0v) is 12.2. The van der Waals surface area contributed by atoms with Crippen LogP contribution in [0.2, 0.25) is 0 Å². The summed E-state index contributed by atoms with van der Waals surface area (Å²) >= 11 is 1.85. The number of thiophene rings is 1. The summed E-state index contributed by atoms with van der Waals surface area (Å²) in [6.07, 6.45) is 5.43. The maximum absolute atomic E-state index is 9.28. The molecule has 0 aliphatic heterocycles. The lowest BCUT2D eigenvalue weighted by Crippen LogP contribution is -2.39. The molecule has 1 saturated carbocycles. The normalized spacial score (nSPS) is 21.9. The molecule has 1 heterocycles. The molecule has 0 amide bonds. The summed E-state index contributed by atoms with van der Waals surface area (Å²) in [5, 5.41) is 15.2. The van der Waals surface area contributed by atoms with Crippen LogP contribution in [0.5, 0.6) is 0 Å². The molecule has 102 valence electrons. The topological polar surface area (TPSA) is 32.3 Å². The maximum atomic E-state index is 9.28. The second-order valence-corrected chi connectivity index (χ2v) is 6.63. The average molecular weight is 267 g/mol. The Hall–Kier alpha value is -0.380. The van der Waals surface area contributed by atoms with E-state index in [0.29, 0.717) is 18.0 Å². The molecule has 3 unspecified atom stereocenters. The third-order valence-corrected chi connectivity index (χ3v) is 5.26. The highest BCUT2D eigenvalue weighted by molar-refractivity contribution is 7.10. The molecule has 2 N–H and O–H groups in total. The molecule has 2 nitrogen and oxygen atoms in total. The van der Waals surface area contributed by atoms with Crippen molar-refractivity contribution < 1.29 is 5.11 Å². The first-order valence-electron chi connectivity index (χ1n) is 7.12. The van der Waals surface area contributed by atoms with E-state index in [1.165, 1.54) is 30.6 Å². The number of hydrogen-bond acceptors (Lipinski definition) is 3. The Kier molecular flexibility index (Phi) is 5.22. The van der Waals surface area contributed by atoms with Crippen LogP contribution in [0, 0.1) is 11.8 Å². The van der Waals surface area contributed by atoms with Crippen molar-refractivity contribution >= 4 is 11.3 Å². The van der Waals surface area contributed by atoms with Gasteiger partial charge in [0.25, 0.3) is 0 Å². The van der Waals surface area contributed by atoms with E-state index in [9.17, 15) is 5.11 Å². The third-order valence-electron chi connectivity index (χ3n) is 4.30. The highest BCUT2D eigenvalue weighted by Gasteiger charge is 2.28. The average Bonchev–Trinajstić information content (AvgIpc) is 3.06. The van der Waals surface area contributed by atoms with E-state index in [1.807, 2.05) is 11.3 Å². The lowest BCUT2D eigenvalue weighted by atomic mass is 9.94. The van der Waals surface area contributed by atoms with Gasteiger partial charge in [-0.2, -0.15) is 0 Å². The van der Waals surface area contributed by atoms with Gasteiger partial charge in [0.1, 0.15) is 0 Å². The predicted molar refractivity (Wildman–Crippen MR) is 77.9 cm³/mol. The summed E-state index contributed by atoms with van der Waals surface area (Å²) < 4.78 is 0. The molecule has 1 aromatic rings. The molecule has 1 aliphatic carbocycles. The largest absolute Gasteiger partial charge is 0.396 e. The molecule has 0 spiro atoms. The zero-order chi connectivity index (χ0) is 13.0. The number of nitrogens with one attached hydrogen (secondary N) is 1. The Morgan fingerprint density at radius 3 is 2.67 bits per heavy atom. The van der Waals surface area contributed by atoms with Crippen molar-refractivity contribution in [1.82, 2.24) is 5.32 Å². The summed E-state index contributed by atoms with van der Waals surface area (Å²) in [6, 6.07) is 5.24. The number of hydrogen-bond donors (Lipinski definition) is 2. The summed E-state index contributed by atoms with van der Waals surface area (Å²) in [6.45, 7) is 4.56. The summed E-state index contributed by atoms with van der Waals surface area (Å²) in [4.78, 5) is 1.46. The van der Waals surface area contributed by atoms with E-state index < -0.39 is 0 Å². The highest BCUT2D eigenvalue weighted by atomic mass is 32.1. The fraction of sp³-hybridized carbons (Fsp3) is 0.733. The van der Waals surface area contributed by atoms with Crippen molar-refractivity contribution in [2.45, 2.75) is 51.6 Å². The number of rotatable bonds is 6. The Balaban J connectivity index is 2.05. The van der Waals surface area contributed by atoms with Gasteiger partial charge in [0.05, 0.1) is 0 Å². The van der Waals surface area contributed by atoms with Gasteiger partial charge in [0.15, 0.2) is 0 Å². The SMILES string of the molecule is CC(CO)C(C)NC(c1cccs1)C1CCCC1. The van der Waals surface area contributed by atoms with Gasteiger partial charge < -0.3 is 10.4 Å². The molecule has 1 aliphatic rings. The van der Waals surface area contributed by atoms with Crippen LogP contribution in [0.15, 0.2) is 17.5 Å². The van der Waals surface area contributed by atoms with E-state index in [1.54, 1.807) is 0 Å². The molecule has 0 radical (unpaired) electrons. The fourth-order valence-corrected chi connectivity index (χ4v) is 3.69. The maximum Gasteiger partial charge on any atom is 0.0471 e. The minimum Gasteiger partial charge on any atom is -0.396 e. The molecule has 3 heteroatoms. The first kappa shape index (κ1) is 14.0. The van der Waals surface area contributed by atoms with Gasteiger partial charge in [0, 0.05) is 23.6 Å². The second-order valence-electron chi connectivity index (χ2n) is 5.65. The summed E-state index contributed by atoms with van der Waals surface area (Å²) in [5.74, 6) is 1.09. The monoisotopic (exact) mass is 267 g/mol. The van der Waals surface area contributed by atoms with E-state index in [0.717, 1.165) is 5.92 Å². The molecule has 0 aromatic carbocycles. The van der Waals surface area contributed by atoms with Crippen LogP contribution in [0.4, 0.5) is 0 Å². The van der Waals surface area contributed by atoms with Gasteiger partial charge in [-0.3, -0.25) is 0 Å². The second kappa shape index (κ2) is 6.69. The van der Waals surface area contributed by atoms with Gasteiger partial charge in [0.2, 0.25) is 0 Å². The van der Waals surface area contributed by atoms with Gasteiger partial charge in [-0.05, 0) is 43.0 Å². The molecular weight excluding hydrogens is 242 g/mol. The molecule has 1 aromatic heterocycles. The molecule has 0 saturated heterocycles. The first-order chi connectivity index (χ1) is 8.72. The van der Waals surface area contributed by atoms with Crippen LogP contribution in [0.1, 0.15) is 50.4 Å². The molecule has 0 bridgehead atoms. The van der Waals surface area contributed by atoms with Crippen molar-refractivity contribution in [1.29, 1.82) is 0 Å². The summed E-state index contributed by atoms with van der Waals surface area (Å²) in [7, 11) is 0. The Labute approximate surface area is 114 Å². The highest BCUT2D eigenvalue weighted by Crippen LogP contribution is 2.37. The lowest BCUT2D eigenvalue weighted by Gasteiger charge is -2.30. The van der Waals surface area contributed by atoms with Crippen molar-refractivity contribution in [3.63, 3.8) is 0 Å². The van der Waals surface area contributed by atoms with Crippen LogP contribution in [-0.2, 0) is 0 Å². The smallest absolute Gasteiger partial charge is 0.0471 e. The predicted octanol–water partition coefficient (Wildman–Crippen LogP) is 3.59. The van der Waals surface area contributed by atoms with E-state index in [4.69, 9.17) is 0 Å². The molecule has 18 heavy (non-hydrogen) atoms. The summed E-state index contributed by atoms with van der Waals surface area (Å²) in [5.41, 5.74) is 0. The number of aliphatic hydroxyl groups excluding tert-OH is 1. The molecular formula is C15H25NOS. The molecule has 2 rings (SSSR count). The quantitative estimate of drug-likeness (QED) is 0.825. The Bertz CT molecular complexity index is 332. The third kappa shape index (κ3) is 3.34. The standard InChI is InChI=1S/C15H25NOS/c1-11(10-17)12(2)16-15(13-6-3-4-7-13)14-8-5-9-18-14/h5,8-9,11-13,15-17H,3-4,6-7,10H2,1-2H3. The van der Waals surface area contributed by atoms with Crippen molar-refractivity contribution in [3.8, 4) is 0 Å². The van der Waals surface area contributed by atoms with E-state index >= 15 is 0 Å². The van der Waals surface area contributed by atoms with Crippen LogP contribution >= 0.6 is 11.3 Å². The Morgan fingerprint density at radius 2 is 2.11 bits per heavy atom. The van der Waals surface area contributed by atoms with Gasteiger partial charge in [-0.15, -0.1) is 11.3 Å². The fourth-order valence-electron chi connectivity index (χ4n) is 2.82. The minimum absolute atomic E-state index is 0.260. The lowest BCUT2D eigenvalue weighted by molar-refractivity contribution is 0.192. The minimum atomic E-state index is 0.260. The van der Waals surface area contributed by atoms with E-state index in [-0.39, 0.29) is 6.61 Å². The van der Waals surface area contributed by atoms with Gasteiger partial charge >= 0.3 is 0 Å². The van der Waals surface area contributed by atoms with Crippen LogP contribution in [0.25, 0.3) is 0 Å². The van der Waals surface area contributed by atoms with E-state index in [2.05, 4.69) is 36.7 Å². The van der Waals surface area contributed by atoms with Crippen LogP contribution in [-0.4, -0.2) is 17.8 Å². The molecule has 1 fully saturated rings. The van der Waals surface area contributed by atoms with Crippen molar-refractivity contribution in [3.05, 3.63) is 22.4 Å².